The Kier molecular flexibility index (Phi) is 5.27. The first-order valence-corrected chi connectivity index (χ1v) is 9.45. The molecule has 2 aromatic carbocycles. The summed E-state index contributed by atoms with van der Waals surface area (Å²) < 4.78 is 5.46. The van der Waals surface area contributed by atoms with Gasteiger partial charge in [-0.2, -0.15) is 0 Å². The van der Waals surface area contributed by atoms with E-state index in [4.69, 9.17) is 4.74 Å². The fourth-order valence-corrected chi connectivity index (χ4v) is 3.64. The fraction of sp³-hybridized carbons (Fsp3) is 0.381. The van der Waals surface area contributed by atoms with Gasteiger partial charge in [-0.05, 0) is 42.2 Å². The zero-order valence-corrected chi connectivity index (χ0v) is 15.3. The first-order chi connectivity index (χ1) is 13.2. The number of hydrogen-bond acceptors (Lipinski definition) is 4. The molecule has 1 saturated heterocycles. The number of nitrogens with zero attached hydrogens (tertiary/aromatic N) is 1. The van der Waals surface area contributed by atoms with Gasteiger partial charge in [-0.15, -0.1) is 0 Å². The zero-order chi connectivity index (χ0) is 18.6. The smallest absolute Gasteiger partial charge is 0.321 e. The van der Waals surface area contributed by atoms with Crippen LogP contribution in [0.4, 0.5) is 21.9 Å². The number of carbonyl (C=O) groups excluding carboxylic acids is 1. The molecule has 2 amide bonds. The van der Waals surface area contributed by atoms with Crippen LogP contribution >= 0.6 is 0 Å². The van der Waals surface area contributed by atoms with Gasteiger partial charge in [0.25, 0.3) is 0 Å². The number of fused-ring (bicyclic) bond motifs is 2. The quantitative estimate of drug-likeness (QED) is 0.763. The molecule has 0 saturated carbocycles. The van der Waals surface area contributed by atoms with Crippen LogP contribution in [0.3, 0.4) is 0 Å². The predicted octanol–water partition coefficient (Wildman–Crippen LogP) is 3.00. The van der Waals surface area contributed by atoms with Gasteiger partial charge in [0.05, 0.1) is 13.2 Å². The number of carbonyl (C=O) groups is 1. The predicted molar refractivity (Wildman–Crippen MR) is 106 cm³/mol. The molecule has 6 nitrogen and oxygen atoms in total. The number of ether oxygens (including phenoxy) is 1. The Balaban J connectivity index is 1.49. The molecule has 0 bridgehead atoms. The SMILES string of the molecule is O=C(Nc1ccc2c(c1)Nc1ccccc1CC2)N1CCOCC(CO)C1. The Morgan fingerprint density at radius 1 is 1.19 bits per heavy atom. The Morgan fingerprint density at radius 3 is 2.85 bits per heavy atom. The van der Waals surface area contributed by atoms with Crippen LogP contribution in [0.5, 0.6) is 0 Å². The van der Waals surface area contributed by atoms with E-state index >= 15 is 0 Å². The molecule has 0 aromatic heterocycles. The zero-order valence-electron chi connectivity index (χ0n) is 15.3. The number of hydrogen-bond donors (Lipinski definition) is 3. The minimum absolute atomic E-state index is 0.0198. The lowest BCUT2D eigenvalue weighted by Gasteiger charge is -2.23. The molecule has 2 aromatic rings. The number of aliphatic hydroxyl groups excluding tert-OH is 1. The topological polar surface area (TPSA) is 73.8 Å². The Morgan fingerprint density at radius 2 is 2.00 bits per heavy atom. The Hall–Kier alpha value is -2.57. The van der Waals surface area contributed by atoms with Gasteiger partial charge in [-0.25, -0.2) is 4.79 Å². The highest BCUT2D eigenvalue weighted by atomic mass is 16.5. The van der Waals surface area contributed by atoms with Gasteiger partial charge in [0.1, 0.15) is 0 Å². The van der Waals surface area contributed by atoms with Crippen molar-refractivity contribution in [3.63, 3.8) is 0 Å². The number of urea groups is 1. The van der Waals surface area contributed by atoms with E-state index in [9.17, 15) is 9.90 Å². The largest absolute Gasteiger partial charge is 0.396 e. The van der Waals surface area contributed by atoms with Crippen LogP contribution in [0, 0.1) is 5.92 Å². The summed E-state index contributed by atoms with van der Waals surface area (Å²) in [7, 11) is 0. The molecule has 0 radical (unpaired) electrons. The van der Waals surface area contributed by atoms with Crippen molar-refractivity contribution in [2.75, 3.05) is 43.5 Å². The van der Waals surface area contributed by atoms with E-state index < -0.39 is 0 Å². The average Bonchev–Trinajstić information content (AvgIpc) is 3.04. The molecular weight excluding hydrogens is 342 g/mol. The number of aryl methyl sites for hydroxylation is 2. The van der Waals surface area contributed by atoms with Gasteiger partial charge in [0, 0.05) is 42.7 Å². The maximum absolute atomic E-state index is 12.7. The van der Waals surface area contributed by atoms with Crippen molar-refractivity contribution in [1.82, 2.24) is 4.90 Å². The number of benzene rings is 2. The molecule has 6 heteroatoms. The van der Waals surface area contributed by atoms with Crippen LogP contribution in [0.1, 0.15) is 11.1 Å². The summed E-state index contributed by atoms with van der Waals surface area (Å²) in [6.07, 6.45) is 1.97. The molecule has 1 unspecified atom stereocenters. The second-order valence-corrected chi connectivity index (χ2v) is 7.15. The molecule has 2 heterocycles. The first-order valence-electron chi connectivity index (χ1n) is 9.45. The summed E-state index contributed by atoms with van der Waals surface area (Å²) in [6, 6.07) is 14.2. The van der Waals surface area contributed by atoms with Crippen molar-refractivity contribution in [2.45, 2.75) is 12.8 Å². The molecule has 0 spiro atoms. The molecule has 142 valence electrons. The Bertz CT molecular complexity index is 824. The van der Waals surface area contributed by atoms with Crippen molar-refractivity contribution in [1.29, 1.82) is 0 Å². The summed E-state index contributed by atoms with van der Waals surface area (Å²) in [5, 5.41) is 15.9. The van der Waals surface area contributed by atoms with Crippen LogP contribution < -0.4 is 10.6 Å². The lowest BCUT2D eigenvalue weighted by Crippen LogP contribution is -2.39. The summed E-state index contributed by atoms with van der Waals surface area (Å²) in [5.41, 5.74) is 5.46. The second-order valence-electron chi connectivity index (χ2n) is 7.15. The molecular formula is C21H25N3O3. The highest BCUT2D eigenvalue weighted by Crippen LogP contribution is 2.31. The van der Waals surface area contributed by atoms with E-state index in [2.05, 4.69) is 34.9 Å². The lowest BCUT2D eigenvalue weighted by atomic mass is 10.0. The number of anilines is 3. The standard InChI is InChI=1S/C21H25N3O3/c25-13-15-12-24(9-10-27-14-15)21(26)22-18-8-7-17-6-5-16-3-1-2-4-19(16)23-20(17)11-18/h1-4,7-8,11,15,23,25H,5-6,9-10,12-14H2,(H,22,26). The minimum atomic E-state index is -0.159. The van der Waals surface area contributed by atoms with E-state index in [1.165, 1.54) is 11.1 Å². The van der Waals surface area contributed by atoms with Crippen LogP contribution in [0.2, 0.25) is 0 Å². The normalized spacial score (nSPS) is 19.1. The molecule has 1 fully saturated rings. The highest BCUT2D eigenvalue weighted by Gasteiger charge is 2.22. The molecule has 4 rings (SSSR count). The summed E-state index contributed by atoms with van der Waals surface area (Å²) in [6.45, 7) is 2.03. The van der Waals surface area contributed by atoms with Crippen molar-refractivity contribution in [3.8, 4) is 0 Å². The number of rotatable bonds is 2. The van der Waals surface area contributed by atoms with Crippen LogP contribution in [-0.2, 0) is 17.6 Å². The Labute approximate surface area is 159 Å². The number of aliphatic hydroxyl groups is 1. The van der Waals surface area contributed by atoms with Crippen molar-refractivity contribution >= 4 is 23.1 Å². The van der Waals surface area contributed by atoms with E-state index in [1.54, 1.807) is 4.90 Å². The van der Waals surface area contributed by atoms with Gasteiger partial charge in [-0.1, -0.05) is 24.3 Å². The van der Waals surface area contributed by atoms with Gasteiger partial charge in [0.2, 0.25) is 0 Å². The molecule has 0 aliphatic carbocycles. The van der Waals surface area contributed by atoms with Crippen LogP contribution in [-0.4, -0.2) is 48.9 Å². The molecule has 3 N–H and O–H groups in total. The summed E-state index contributed by atoms with van der Waals surface area (Å²) >= 11 is 0. The monoisotopic (exact) mass is 367 g/mol. The maximum Gasteiger partial charge on any atom is 0.321 e. The number of nitrogens with one attached hydrogen (secondary N) is 2. The van der Waals surface area contributed by atoms with E-state index in [0.29, 0.717) is 26.3 Å². The third-order valence-electron chi connectivity index (χ3n) is 5.19. The summed E-state index contributed by atoms with van der Waals surface area (Å²) in [4.78, 5) is 14.4. The lowest BCUT2D eigenvalue weighted by molar-refractivity contribution is 0.0958. The van der Waals surface area contributed by atoms with Gasteiger partial charge in [-0.3, -0.25) is 0 Å². The summed E-state index contributed by atoms with van der Waals surface area (Å²) in [5.74, 6) is -0.0385. The van der Waals surface area contributed by atoms with Crippen molar-refractivity contribution < 1.29 is 14.6 Å². The molecule has 2 aliphatic rings. The van der Waals surface area contributed by atoms with Gasteiger partial charge >= 0.3 is 6.03 Å². The average molecular weight is 367 g/mol. The fourth-order valence-electron chi connectivity index (χ4n) is 3.64. The van der Waals surface area contributed by atoms with Crippen LogP contribution in [0.15, 0.2) is 42.5 Å². The molecule has 1 atom stereocenters. The molecule has 27 heavy (non-hydrogen) atoms. The van der Waals surface area contributed by atoms with Crippen molar-refractivity contribution in [2.24, 2.45) is 5.92 Å². The minimum Gasteiger partial charge on any atom is -0.396 e. The first kappa shape index (κ1) is 17.8. The van der Waals surface area contributed by atoms with Crippen LogP contribution in [0.25, 0.3) is 0 Å². The number of para-hydroxylation sites is 1. The third kappa shape index (κ3) is 4.07. The van der Waals surface area contributed by atoms with E-state index in [-0.39, 0.29) is 18.6 Å². The number of amides is 2. The highest BCUT2D eigenvalue weighted by molar-refractivity contribution is 5.90. The maximum atomic E-state index is 12.7. The van der Waals surface area contributed by atoms with Gasteiger partial charge < -0.3 is 25.4 Å². The second kappa shape index (κ2) is 7.98. The van der Waals surface area contributed by atoms with E-state index in [0.717, 1.165) is 29.9 Å². The molecule has 2 aliphatic heterocycles. The third-order valence-corrected chi connectivity index (χ3v) is 5.19. The van der Waals surface area contributed by atoms with Crippen molar-refractivity contribution in [3.05, 3.63) is 53.6 Å². The van der Waals surface area contributed by atoms with Gasteiger partial charge in [0.15, 0.2) is 0 Å². The van der Waals surface area contributed by atoms with E-state index in [1.807, 2.05) is 18.2 Å².